The molecular weight excluding hydrogens is 194 g/mol. The number of Topliss-reactive ketones (excluding diaryl/α,β-unsaturated/α-hetero) is 1. The highest BCUT2D eigenvalue weighted by atomic mass is 32.1. The fraction of sp³-hybridized carbons (Fsp3) is 0.455. The van der Waals surface area contributed by atoms with E-state index in [9.17, 15) is 4.79 Å². The van der Waals surface area contributed by atoms with Crippen LogP contribution >= 0.6 is 11.3 Å². The molecule has 74 valence electrons. The molecule has 0 N–H and O–H groups in total. The van der Waals surface area contributed by atoms with E-state index in [0.29, 0.717) is 6.42 Å². The van der Waals surface area contributed by atoms with Gasteiger partial charge in [0.05, 0.1) is 16.1 Å². The second kappa shape index (κ2) is 4.05. The molecule has 1 aromatic heterocycles. The van der Waals surface area contributed by atoms with Gasteiger partial charge in [-0.1, -0.05) is 11.6 Å². The van der Waals surface area contributed by atoms with Crippen LogP contribution in [0.15, 0.2) is 17.2 Å². The number of ketones is 1. The van der Waals surface area contributed by atoms with Crippen LogP contribution in [0.5, 0.6) is 0 Å². The fourth-order valence-corrected chi connectivity index (χ4v) is 2.50. The predicted octanol–water partition coefficient (Wildman–Crippen LogP) is 3.13. The second-order valence-corrected chi connectivity index (χ2v) is 4.48. The Morgan fingerprint density at radius 3 is 3.07 bits per heavy atom. The van der Waals surface area contributed by atoms with Gasteiger partial charge >= 0.3 is 0 Å². The van der Waals surface area contributed by atoms with E-state index in [1.807, 2.05) is 6.92 Å². The fourth-order valence-electron chi connectivity index (χ4n) is 1.75. The lowest BCUT2D eigenvalue weighted by Gasteiger charge is -1.99. The number of carbonyl (C=O) groups excluding carboxylic acids is 1. The van der Waals surface area contributed by atoms with Gasteiger partial charge in [-0.25, -0.2) is 4.98 Å². The molecule has 1 heterocycles. The van der Waals surface area contributed by atoms with Crippen LogP contribution in [0.3, 0.4) is 0 Å². The van der Waals surface area contributed by atoms with Crippen LogP contribution in [0, 0.1) is 6.92 Å². The van der Waals surface area contributed by atoms with Gasteiger partial charge in [0.2, 0.25) is 0 Å². The molecule has 0 atom stereocenters. The molecule has 0 saturated carbocycles. The van der Waals surface area contributed by atoms with Gasteiger partial charge in [-0.05, 0) is 26.2 Å². The largest absolute Gasteiger partial charge is 0.293 e. The summed E-state index contributed by atoms with van der Waals surface area (Å²) < 4.78 is 0. The van der Waals surface area contributed by atoms with Gasteiger partial charge in [-0.3, -0.25) is 4.79 Å². The van der Waals surface area contributed by atoms with Crippen molar-refractivity contribution < 1.29 is 4.79 Å². The zero-order chi connectivity index (χ0) is 9.97. The molecule has 0 amide bonds. The lowest BCUT2D eigenvalue weighted by molar-refractivity contribution is 0.0995. The van der Waals surface area contributed by atoms with Gasteiger partial charge < -0.3 is 0 Å². The highest BCUT2D eigenvalue weighted by molar-refractivity contribution is 7.11. The van der Waals surface area contributed by atoms with Crippen LogP contribution in [0.4, 0.5) is 0 Å². The third-order valence-electron chi connectivity index (χ3n) is 2.52. The highest BCUT2D eigenvalue weighted by Gasteiger charge is 2.15. The quantitative estimate of drug-likeness (QED) is 0.563. The van der Waals surface area contributed by atoms with Gasteiger partial charge in [0, 0.05) is 6.42 Å². The van der Waals surface area contributed by atoms with E-state index >= 15 is 0 Å². The molecule has 3 heteroatoms. The summed E-state index contributed by atoms with van der Waals surface area (Å²) >= 11 is 1.45. The minimum atomic E-state index is 0.234. The summed E-state index contributed by atoms with van der Waals surface area (Å²) in [7, 11) is 0. The Morgan fingerprint density at radius 1 is 1.64 bits per heavy atom. The Hall–Kier alpha value is -0.960. The Labute approximate surface area is 87.7 Å². The van der Waals surface area contributed by atoms with Crippen molar-refractivity contribution in [2.75, 3.05) is 0 Å². The number of nitrogens with zero attached hydrogens (tertiary/aromatic N) is 1. The van der Waals surface area contributed by atoms with Crippen molar-refractivity contribution in [3.8, 4) is 0 Å². The standard InChI is InChI=1S/C11H13NOS/c1-8-11(14-7-12-8)10(13)6-9-4-2-3-5-9/h4,7H,2-3,5-6H2,1H3. The summed E-state index contributed by atoms with van der Waals surface area (Å²) in [6.45, 7) is 1.90. The molecule has 0 aliphatic heterocycles. The molecule has 1 aliphatic rings. The Kier molecular flexibility index (Phi) is 2.77. The molecule has 2 nitrogen and oxygen atoms in total. The average molecular weight is 207 g/mol. The van der Waals surface area contributed by atoms with Crippen LogP contribution in [0.25, 0.3) is 0 Å². The van der Waals surface area contributed by atoms with Gasteiger partial charge in [0.1, 0.15) is 0 Å². The van der Waals surface area contributed by atoms with Gasteiger partial charge in [0.25, 0.3) is 0 Å². The molecule has 0 spiro atoms. The van der Waals surface area contributed by atoms with Gasteiger partial charge in [0.15, 0.2) is 5.78 Å². The maximum atomic E-state index is 11.8. The third kappa shape index (κ3) is 1.93. The number of aromatic nitrogens is 1. The molecule has 1 aromatic rings. The Bertz CT molecular complexity index is 378. The third-order valence-corrected chi connectivity index (χ3v) is 3.49. The van der Waals surface area contributed by atoms with E-state index in [1.165, 1.54) is 23.3 Å². The van der Waals surface area contributed by atoms with Crippen LogP contribution in [-0.2, 0) is 0 Å². The summed E-state index contributed by atoms with van der Waals surface area (Å²) in [5.74, 6) is 0.234. The lowest BCUT2D eigenvalue weighted by atomic mass is 10.1. The molecule has 0 fully saturated rings. The van der Waals surface area contributed by atoms with Crippen LogP contribution < -0.4 is 0 Å². The van der Waals surface area contributed by atoms with Crippen LogP contribution in [-0.4, -0.2) is 10.8 Å². The van der Waals surface area contributed by atoms with Crippen molar-refractivity contribution in [3.05, 3.63) is 27.7 Å². The monoisotopic (exact) mass is 207 g/mol. The van der Waals surface area contributed by atoms with Crippen LogP contribution in [0.1, 0.15) is 41.0 Å². The first-order chi connectivity index (χ1) is 6.77. The molecule has 2 rings (SSSR count). The van der Waals surface area contributed by atoms with Gasteiger partial charge in [-0.15, -0.1) is 11.3 Å². The first kappa shape index (κ1) is 9.59. The van der Waals surface area contributed by atoms with Crippen molar-refractivity contribution in [1.82, 2.24) is 4.98 Å². The van der Waals surface area contributed by atoms with E-state index in [2.05, 4.69) is 11.1 Å². The highest BCUT2D eigenvalue weighted by Crippen LogP contribution is 2.24. The number of carbonyl (C=O) groups is 1. The zero-order valence-corrected chi connectivity index (χ0v) is 9.06. The summed E-state index contributed by atoms with van der Waals surface area (Å²) in [6.07, 6.45) is 6.26. The molecule has 0 radical (unpaired) electrons. The summed E-state index contributed by atoms with van der Waals surface area (Å²) in [6, 6.07) is 0. The maximum Gasteiger partial charge on any atom is 0.178 e. The number of hydrogen-bond acceptors (Lipinski definition) is 3. The lowest BCUT2D eigenvalue weighted by Crippen LogP contribution is -1.99. The van der Waals surface area contributed by atoms with Gasteiger partial charge in [-0.2, -0.15) is 0 Å². The average Bonchev–Trinajstić information content (AvgIpc) is 2.75. The smallest absolute Gasteiger partial charge is 0.178 e. The molecular formula is C11H13NOS. The Morgan fingerprint density at radius 2 is 2.50 bits per heavy atom. The first-order valence-electron chi connectivity index (χ1n) is 4.88. The maximum absolute atomic E-state index is 11.8. The van der Waals surface area contributed by atoms with E-state index < -0.39 is 0 Å². The van der Waals surface area contributed by atoms with Crippen molar-refractivity contribution in [2.45, 2.75) is 32.6 Å². The topological polar surface area (TPSA) is 30.0 Å². The van der Waals surface area contributed by atoms with E-state index in [4.69, 9.17) is 0 Å². The number of aryl methyl sites for hydroxylation is 1. The number of hydrogen-bond donors (Lipinski definition) is 0. The SMILES string of the molecule is Cc1ncsc1C(=O)CC1=CCCC1. The molecule has 1 aliphatic carbocycles. The molecule has 0 aromatic carbocycles. The predicted molar refractivity (Wildman–Crippen MR) is 57.7 cm³/mol. The molecule has 0 bridgehead atoms. The molecule has 14 heavy (non-hydrogen) atoms. The zero-order valence-electron chi connectivity index (χ0n) is 8.25. The number of rotatable bonds is 3. The number of allylic oxidation sites excluding steroid dienone is 2. The van der Waals surface area contributed by atoms with Crippen molar-refractivity contribution in [1.29, 1.82) is 0 Å². The second-order valence-electron chi connectivity index (χ2n) is 3.62. The summed E-state index contributed by atoms with van der Waals surface area (Å²) in [5, 5.41) is 0. The molecule has 0 saturated heterocycles. The minimum Gasteiger partial charge on any atom is -0.293 e. The normalized spacial score (nSPS) is 15.6. The molecule has 0 unspecified atom stereocenters. The summed E-state index contributed by atoms with van der Waals surface area (Å²) in [5.41, 5.74) is 3.92. The van der Waals surface area contributed by atoms with E-state index in [-0.39, 0.29) is 5.78 Å². The number of thiazole rings is 1. The van der Waals surface area contributed by atoms with E-state index in [0.717, 1.165) is 23.4 Å². The van der Waals surface area contributed by atoms with Crippen molar-refractivity contribution in [2.24, 2.45) is 0 Å². The van der Waals surface area contributed by atoms with Crippen LogP contribution in [0.2, 0.25) is 0 Å². The first-order valence-corrected chi connectivity index (χ1v) is 5.76. The Balaban J connectivity index is 2.06. The van der Waals surface area contributed by atoms with Crippen molar-refractivity contribution in [3.63, 3.8) is 0 Å². The summed E-state index contributed by atoms with van der Waals surface area (Å²) in [4.78, 5) is 16.7. The van der Waals surface area contributed by atoms with E-state index in [1.54, 1.807) is 5.51 Å². The minimum absolute atomic E-state index is 0.234. The van der Waals surface area contributed by atoms with Crippen molar-refractivity contribution >= 4 is 17.1 Å².